The van der Waals surface area contributed by atoms with Crippen LogP contribution in [0.25, 0.3) is 0 Å². The highest BCUT2D eigenvalue weighted by Gasteiger charge is 2.13. The summed E-state index contributed by atoms with van der Waals surface area (Å²) < 4.78 is 5.64. The molecule has 3 nitrogen and oxygen atoms in total. The van der Waals surface area contributed by atoms with E-state index in [2.05, 4.69) is 11.4 Å². The highest BCUT2D eigenvalue weighted by atomic mass is 35.5. The van der Waals surface area contributed by atoms with Gasteiger partial charge in [0.05, 0.1) is 0 Å². The molecule has 0 unspecified atom stereocenters. The Morgan fingerprint density at radius 2 is 2.00 bits per heavy atom. The van der Waals surface area contributed by atoms with Gasteiger partial charge in [-0.3, -0.25) is 4.79 Å². The summed E-state index contributed by atoms with van der Waals surface area (Å²) in [6.07, 6.45) is -0.509. The number of aryl methyl sites for hydroxylation is 1. The topological polar surface area (TPSA) is 38.3 Å². The van der Waals surface area contributed by atoms with Gasteiger partial charge in [0.2, 0.25) is 0 Å². The van der Waals surface area contributed by atoms with Crippen molar-refractivity contribution >= 4 is 29.3 Å². The lowest BCUT2D eigenvalue weighted by atomic mass is 10.2. The second-order valence-electron chi connectivity index (χ2n) is 5.55. The van der Waals surface area contributed by atoms with E-state index in [1.165, 1.54) is 5.56 Å². The van der Waals surface area contributed by atoms with Gasteiger partial charge >= 0.3 is 0 Å². The molecule has 0 saturated heterocycles. The van der Waals surface area contributed by atoms with Gasteiger partial charge < -0.3 is 10.1 Å². The van der Waals surface area contributed by atoms with Crippen molar-refractivity contribution in [2.75, 3.05) is 12.3 Å². The van der Waals surface area contributed by atoms with Crippen LogP contribution in [0.5, 0.6) is 5.75 Å². The van der Waals surface area contributed by atoms with Crippen LogP contribution in [0.1, 0.15) is 18.1 Å². The van der Waals surface area contributed by atoms with Gasteiger partial charge in [0.1, 0.15) is 5.75 Å². The van der Waals surface area contributed by atoms with Crippen LogP contribution in [0.2, 0.25) is 5.02 Å². The summed E-state index contributed by atoms with van der Waals surface area (Å²) in [5.74, 6) is 2.33. The van der Waals surface area contributed by atoms with Gasteiger partial charge in [0.15, 0.2) is 6.10 Å². The summed E-state index contributed by atoms with van der Waals surface area (Å²) in [7, 11) is 0. The molecule has 0 aromatic heterocycles. The molecular weight excluding hydrogens is 342 g/mol. The Bertz CT molecular complexity index is 661. The Hall–Kier alpha value is -1.65. The summed E-state index contributed by atoms with van der Waals surface area (Å²) in [6.45, 7) is 4.39. The lowest BCUT2D eigenvalue weighted by Gasteiger charge is -2.14. The summed E-state index contributed by atoms with van der Waals surface area (Å²) in [5, 5.41) is 3.65. The largest absolute Gasteiger partial charge is 0.481 e. The molecule has 0 aliphatic heterocycles. The van der Waals surface area contributed by atoms with Crippen LogP contribution >= 0.6 is 23.4 Å². The Morgan fingerprint density at radius 3 is 2.71 bits per heavy atom. The van der Waals surface area contributed by atoms with Gasteiger partial charge in [-0.25, -0.2) is 0 Å². The van der Waals surface area contributed by atoms with E-state index in [1.807, 2.05) is 49.4 Å². The molecule has 1 atom stereocenters. The lowest BCUT2D eigenvalue weighted by Crippen LogP contribution is -2.37. The van der Waals surface area contributed by atoms with E-state index >= 15 is 0 Å². The van der Waals surface area contributed by atoms with Crippen molar-refractivity contribution in [3.05, 3.63) is 64.7 Å². The van der Waals surface area contributed by atoms with Gasteiger partial charge in [0.25, 0.3) is 5.91 Å². The Labute approximate surface area is 152 Å². The van der Waals surface area contributed by atoms with Gasteiger partial charge in [0, 0.05) is 23.1 Å². The number of carbonyl (C=O) groups excluding carboxylic acids is 1. The minimum atomic E-state index is -0.509. The van der Waals surface area contributed by atoms with Crippen molar-refractivity contribution in [2.24, 2.45) is 0 Å². The predicted molar refractivity (Wildman–Crippen MR) is 102 cm³/mol. The fourth-order valence-electron chi connectivity index (χ4n) is 2.08. The number of thioether (sulfide) groups is 1. The molecule has 0 fully saturated rings. The summed E-state index contributed by atoms with van der Waals surface area (Å²) in [5.41, 5.74) is 2.35. The smallest absolute Gasteiger partial charge is 0.260 e. The number of hydrogen-bond donors (Lipinski definition) is 1. The zero-order valence-electron chi connectivity index (χ0n) is 13.9. The first-order valence-electron chi connectivity index (χ1n) is 7.88. The van der Waals surface area contributed by atoms with Crippen LogP contribution in [0.15, 0.2) is 48.5 Å². The molecule has 1 amide bonds. The monoisotopic (exact) mass is 363 g/mol. The number of rotatable bonds is 8. The summed E-state index contributed by atoms with van der Waals surface area (Å²) in [4.78, 5) is 12.0. The molecule has 0 heterocycles. The quantitative estimate of drug-likeness (QED) is 0.703. The van der Waals surface area contributed by atoms with Gasteiger partial charge in [-0.15, -0.1) is 0 Å². The van der Waals surface area contributed by atoms with Crippen LogP contribution in [-0.2, 0) is 10.5 Å². The maximum Gasteiger partial charge on any atom is 0.260 e. The number of amides is 1. The fraction of sp³-hybridized carbons (Fsp3) is 0.316. The lowest BCUT2D eigenvalue weighted by molar-refractivity contribution is -0.127. The first kappa shape index (κ1) is 18.7. The standard InChI is InChI=1S/C19H22ClNO2S/c1-14-6-8-18(9-7-14)23-15(2)19(22)21-10-11-24-13-16-4-3-5-17(20)12-16/h3-9,12,15H,10-11,13H2,1-2H3,(H,21,22)/t15-/m1/s1. The molecule has 0 aliphatic rings. The average Bonchev–Trinajstić information content (AvgIpc) is 2.56. The van der Waals surface area contributed by atoms with Crippen LogP contribution < -0.4 is 10.1 Å². The van der Waals surface area contributed by atoms with Crippen molar-refractivity contribution < 1.29 is 9.53 Å². The molecule has 2 rings (SSSR count). The van der Waals surface area contributed by atoms with Crippen molar-refractivity contribution in [1.82, 2.24) is 5.32 Å². The van der Waals surface area contributed by atoms with Crippen molar-refractivity contribution in [3.8, 4) is 5.75 Å². The Morgan fingerprint density at radius 1 is 1.25 bits per heavy atom. The summed E-state index contributed by atoms with van der Waals surface area (Å²) >= 11 is 7.72. The zero-order valence-corrected chi connectivity index (χ0v) is 15.5. The highest BCUT2D eigenvalue weighted by molar-refractivity contribution is 7.98. The third kappa shape index (κ3) is 6.46. The van der Waals surface area contributed by atoms with Crippen LogP contribution in [0, 0.1) is 6.92 Å². The number of nitrogens with one attached hydrogen (secondary N) is 1. The van der Waals surface area contributed by atoms with Crippen LogP contribution in [0.3, 0.4) is 0 Å². The first-order valence-corrected chi connectivity index (χ1v) is 9.41. The molecule has 0 bridgehead atoms. The highest BCUT2D eigenvalue weighted by Crippen LogP contribution is 2.16. The van der Waals surface area contributed by atoms with Gasteiger partial charge in [-0.2, -0.15) is 11.8 Å². The number of hydrogen-bond acceptors (Lipinski definition) is 3. The first-order chi connectivity index (χ1) is 11.5. The normalized spacial score (nSPS) is 11.8. The third-order valence-electron chi connectivity index (χ3n) is 3.41. The van der Waals surface area contributed by atoms with E-state index in [0.717, 1.165) is 22.1 Å². The molecule has 128 valence electrons. The van der Waals surface area contributed by atoms with Gasteiger partial charge in [-0.1, -0.05) is 41.4 Å². The van der Waals surface area contributed by atoms with Crippen molar-refractivity contribution in [2.45, 2.75) is 25.7 Å². The molecule has 0 radical (unpaired) electrons. The fourth-order valence-corrected chi connectivity index (χ4v) is 3.10. The van der Waals surface area contributed by atoms with E-state index in [-0.39, 0.29) is 5.91 Å². The number of ether oxygens (including phenoxy) is 1. The Kier molecular flexibility index (Phi) is 7.47. The molecule has 1 N–H and O–H groups in total. The molecular formula is C19H22ClNO2S. The van der Waals surface area contributed by atoms with Crippen molar-refractivity contribution in [1.29, 1.82) is 0 Å². The molecule has 5 heteroatoms. The number of carbonyl (C=O) groups is 1. The minimum absolute atomic E-state index is 0.0982. The number of halogens is 1. The maximum absolute atomic E-state index is 12.0. The second-order valence-corrected chi connectivity index (χ2v) is 7.09. The summed E-state index contributed by atoms with van der Waals surface area (Å²) in [6, 6.07) is 15.5. The minimum Gasteiger partial charge on any atom is -0.481 e. The maximum atomic E-state index is 12.0. The van der Waals surface area contributed by atoms with Crippen LogP contribution in [-0.4, -0.2) is 24.3 Å². The molecule has 24 heavy (non-hydrogen) atoms. The van der Waals surface area contributed by atoms with Gasteiger partial charge in [-0.05, 0) is 43.7 Å². The van der Waals surface area contributed by atoms with E-state index < -0.39 is 6.10 Å². The molecule has 2 aromatic rings. The average molecular weight is 364 g/mol. The van der Waals surface area contributed by atoms with E-state index in [4.69, 9.17) is 16.3 Å². The second kappa shape index (κ2) is 9.60. The van der Waals surface area contributed by atoms with E-state index in [9.17, 15) is 4.79 Å². The third-order valence-corrected chi connectivity index (χ3v) is 4.67. The van der Waals surface area contributed by atoms with Crippen LogP contribution in [0.4, 0.5) is 0 Å². The number of benzene rings is 2. The molecule has 0 spiro atoms. The SMILES string of the molecule is Cc1ccc(O[C@H](C)C(=O)NCCSCc2cccc(Cl)c2)cc1. The molecule has 2 aromatic carbocycles. The zero-order chi connectivity index (χ0) is 17.4. The van der Waals surface area contributed by atoms with Crippen molar-refractivity contribution in [3.63, 3.8) is 0 Å². The Balaban J connectivity index is 1.64. The molecule has 0 saturated carbocycles. The molecule has 0 aliphatic carbocycles. The predicted octanol–water partition coefficient (Wildman–Crippen LogP) is 4.47. The van der Waals surface area contributed by atoms with E-state index in [0.29, 0.717) is 12.3 Å². The van der Waals surface area contributed by atoms with E-state index in [1.54, 1.807) is 18.7 Å².